The van der Waals surface area contributed by atoms with Crippen LogP contribution in [0.3, 0.4) is 0 Å². The van der Waals surface area contributed by atoms with Crippen molar-refractivity contribution in [3.8, 4) is 0 Å². The fourth-order valence-electron chi connectivity index (χ4n) is 7.75. The summed E-state index contributed by atoms with van der Waals surface area (Å²) in [6.07, 6.45) is 14.0. The maximum absolute atomic E-state index is 2.79. The monoisotopic (exact) mass is 350 g/mol. The van der Waals surface area contributed by atoms with Crippen LogP contribution in [0.25, 0.3) is 0 Å². The van der Waals surface area contributed by atoms with Gasteiger partial charge in [-0.05, 0) is 68.6 Å². The van der Waals surface area contributed by atoms with Crippen LogP contribution in [0.2, 0.25) is 0 Å². The maximum Gasteiger partial charge on any atom is 0.211 e. The molecule has 0 saturated heterocycles. The Labute approximate surface area is 159 Å². The van der Waals surface area contributed by atoms with Crippen molar-refractivity contribution in [2.75, 3.05) is 0 Å². The summed E-state index contributed by atoms with van der Waals surface area (Å²) in [7, 11) is 0. The van der Waals surface area contributed by atoms with Crippen molar-refractivity contribution < 1.29 is 4.58 Å². The average Bonchev–Trinajstić information content (AvgIpc) is 2.90. The van der Waals surface area contributed by atoms with Crippen LogP contribution in [0.5, 0.6) is 0 Å². The quantitative estimate of drug-likeness (QED) is 0.575. The molecule has 4 bridgehead atoms. The third-order valence-corrected chi connectivity index (χ3v) is 8.62. The van der Waals surface area contributed by atoms with E-state index in [0.29, 0.717) is 5.41 Å². The molecule has 0 atom stereocenters. The number of para-hydroxylation sites is 1. The minimum atomic E-state index is 0.241. The van der Waals surface area contributed by atoms with Gasteiger partial charge in [0.2, 0.25) is 5.69 Å². The third kappa shape index (κ3) is 2.25. The predicted molar refractivity (Wildman–Crippen MR) is 109 cm³/mol. The number of aryl methyl sites for hydroxylation is 2. The van der Waals surface area contributed by atoms with Crippen molar-refractivity contribution >= 4 is 11.9 Å². The second-order valence-corrected chi connectivity index (χ2v) is 10.5. The fourth-order valence-corrected chi connectivity index (χ4v) is 7.75. The molecule has 1 aromatic rings. The van der Waals surface area contributed by atoms with Crippen molar-refractivity contribution in [2.24, 2.45) is 29.1 Å². The molecule has 26 heavy (non-hydrogen) atoms. The lowest BCUT2D eigenvalue weighted by Gasteiger charge is -2.58. The van der Waals surface area contributed by atoms with Crippen molar-refractivity contribution in [2.45, 2.75) is 84.6 Å². The van der Waals surface area contributed by atoms with Gasteiger partial charge in [0, 0.05) is 31.4 Å². The average molecular weight is 351 g/mol. The summed E-state index contributed by atoms with van der Waals surface area (Å²) in [4.78, 5) is 0. The van der Waals surface area contributed by atoms with Crippen molar-refractivity contribution in [3.63, 3.8) is 0 Å². The molecule has 0 amide bonds. The molecule has 0 radical (unpaired) electrons. The van der Waals surface area contributed by atoms with Gasteiger partial charge in [0.25, 0.3) is 0 Å². The van der Waals surface area contributed by atoms with Crippen molar-refractivity contribution in [1.82, 2.24) is 0 Å². The van der Waals surface area contributed by atoms with E-state index in [1.54, 1.807) is 12.1 Å². The van der Waals surface area contributed by atoms with E-state index < -0.39 is 0 Å². The van der Waals surface area contributed by atoms with Gasteiger partial charge in [-0.15, -0.1) is 0 Å². The van der Waals surface area contributed by atoms with E-state index in [4.69, 9.17) is 0 Å². The molecule has 0 aromatic heterocycles. The summed E-state index contributed by atoms with van der Waals surface area (Å²) in [5.41, 5.74) is 5.35. The first-order valence-electron chi connectivity index (χ1n) is 11.2. The Hall–Kier alpha value is -1.11. The lowest BCUT2D eigenvalue weighted by molar-refractivity contribution is -0.512. The Morgan fingerprint density at radius 2 is 1.42 bits per heavy atom. The number of hydrogen-bond acceptors (Lipinski definition) is 0. The van der Waals surface area contributed by atoms with Gasteiger partial charge >= 0.3 is 0 Å². The molecular formula is C25H36N+. The van der Waals surface area contributed by atoms with Gasteiger partial charge in [-0.1, -0.05) is 32.0 Å². The van der Waals surface area contributed by atoms with Gasteiger partial charge in [-0.25, -0.2) is 0 Å². The number of nitrogens with zero attached hydrogens (tertiary/aromatic N) is 1. The minimum absolute atomic E-state index is 0.241. The molecule has 1 spiro atoms. The molecule has 4 saturated carbocycles. The zero-order chi connectivity index (χ0) is 18.1. The molecule has 1 heterocycles. The minimum Gasteiger partial charge on any atom is -0.197 e. The summed E-state index contributed by atoms with van der Waals surface area (Å²) in [5, 5.41) is 0. The predicted octanol–water partition coefficient (Wildman–Crippen LogP) is 6.15. The van der Waals surface area contributed by atoms with Gasteiger partial charge in [0.15, 0.2) is 11.8 Å². The van der Waals surface area contributed by atoms with Crippen LogP contribution in [-0.4, -0.2) is 16.3 Å². The van der Waals surface area contributed by atoms with E-state index in [-0.39, 0.29) is 5.54 Å². The van der Waals surface area contributed by atoms with E-state index in [2.05, 4.69) is 56.7 Å². The second-order valence-electron chi connectivity index (χ2n) is 10.5. The van der Waals surface area contributed by atoms with E-state index in [0.717, 1.165) is 36.5 Å². The molecule has 6 rings (SSSR count). The molecule has 4 aliphatic carbocycles. The molecule has 1 aromatic carbocycles. The van der Waals surface area contributed by atoms with E-state index in [1.807, 2.05) is 0 Å². The van der Waals surface area contributed by atoms with Crippen LogP contribution >= 0.6 is 0 Å². The Bertz CT molecular complexity index is 703. The molecule has 5 aliphatic rings. The lowest BCUT2D eigenvalue weighted by atomic mass is 9.44. The Balaban J connectivity index is 1.65. The first kappa shape index (κ1) is 17.0. The number of benzene rings is 1. The number of rotatable bonds is 3. The zero-order valence-electron chi connectivity index (χ0n) is 17.2. The topological polar surface area (TPSA) is 3.01 Å². The Kier molecular flexibility index (Phi) is 3.73. The number of hydrogen-bond donors (Lipinski definition) is 0. The highest BCUT2D eigenvalue weighted by Crippen LogP contribution is 2.65. The van der Waals surface area contributed by atoms with Gasteiger partial charge in [-0.3, -0.25) is 0 Å². The van der Waals surface area contributed by atoms with Crippen LogP contribution in [0.4, 0.5) is 5.69 Å². The zero-order valence-corrected chi connectivity index (χ0v) is 17.2. The summed E-state index contributed by atoms with van der Waals surface area (Å²) < 4.78 is 2.76. The van der Waals surface area contributed by atoms with Crippen LogP contribution in [-0.2, 0) is 12.8 Å². The smallest absolute Gasteiger partial charge is 0.197 e. The Morgan fingerprint density at radius 3 is 1.92 bits per heavy atom. The summed E-state index contributed by atoms with van der Waals surface area (Å²) in [5.74, 6) is 4.04. The highest BCUT2D eigenvalue weighted by molar-refractivity contribution is 5.68. The van der Waals surface area contributed by atoms with Gasteiger partial charge in [0.05, 0.1) is 5.41 Å². The van der Waals surface area contributed by atoms with Gasteiger partial charge in [0.1, 0.15) is 0 Å². The molecule has 1 aliphatic heterocycles. The van der Waals surface area contributed by atoms with Crippen molar-refractivity contribution in [1.29, 1.82) is 0 Å². The second kappa shape index (κ2) is 5.69. The molecule has 1 heteroatoms. The summed E-state index contributed by atoms with van der Waals surface area (Å²) in [6.45, 7) is 9.66. The van der Waals surface area contributed by atoms with Crippen LogP contribution in [0.15, 0.2) is 18.2 Å². The van der Waals surface area contributed by atoms with Gasteiger partial charge < -0.3 is 0 Å². The lowest BCUT2D eigenvalue weighted by Crippen LogP contribution is -2.53. The molecule has 1 nitrogen and oxygen atoms in total. The third-order valence-electron chi connectivity index (χ3n) is 8.62. The standard InChI is InChI=1S/C25H36N/c1-5-19-8-7-9-20(6-2)23(19)26-16-25(15-24(26,3)4)21-11-17-10-18(13-21)14-22(25)12-17/h7-9,16-18,21-22H,5-6,10-15H2,1-4H3/q+1. The summed E-state index contributed by atoms with van der Waals surface area (Å²) in [6, 6.07) is 6.99. The highest BCUT2D eigenvalue weighted by atomic mass is 15.1. The Morgan fingerprint density at radius 1 is 0.885 bits per heavy atom. The van der Waals surface area contributed by atoms with Gasteiger partial charge in [-0.2, -0.15) is 4.58 Å². The molecule has 0 N–H and O–H groups in total. The molecule has 0 unspecified atom stereocenters. The van der Waals surface area contributed by atoms with Crippen LogP contribution in [0.1, 0.15) is 77.3 Å². The van der Waals surface area contributed by atoms with E-state index in [1.165, 1.54) is 43.2 Å². The molecule has 140 valence electrons. The maximum atomic E-state index is 2.79. The van der Waals surface area contributed by atoms with E-state index in [9.17, 15) is 0 Å². The molecular weight excluding hydrogens is 314 g/mol. The normalized spacial score (nSPS) is 39.6. The summed E-state index contributed by atoms with van der Waals surface area (Å²) >= 11 is 0. The molecule has 4 fully saturated rings. The highest BCUT2D eigenvalue weighted by Gasteiger charge is 2.64. The first-order chi connectivity index (χ1) is 12.5. The van der Waals surface area contributed by atoms with Crippen LogP contribution < -0.4 is 0 Å². The largest absolute Gasteiger partial charge is 0.211 e. The van der Waals surface area contributed by atoms with E-state index >= 15 is 0 Å². The first-order valence-corrected chi connectivity index (χ1v) is 11.2. The van der Waals surface area contributed by atoms with Crippen molar-refractivity contribution in [3.05, 3.63) is 29.3 Å². The fraction of sp³-hybridized carbons (Fsp3) is 0.720. The SMILES string of the molecule is CCc1cccc(CC)c1[N+]1=CC2(CC1(C)C)C1CC3CC(C1)CC2C3. The van der Waals surface area contributed by atoms with Crippen LogP contribution in [0, 0.1) is 29.1 Å².